The number of aryl methyl sites for hydroxylation is 3. The molecule has 37 heavy (non-hydrogen) atoms. The minimum absolute atomic E-state index is 0.118. The molecular weight excluding hydrogens is 480 g/mol. The number of hydrogen-bond acceptors (Lipinski definition) is 4. The quantitative estimate of drug-likeness (QED) is 0.260. The maximum atomic E-state index is 12.2. The summed E-state index contributed by atoms with van der Waals surface area (Å²) in [5.41, 5.74) is 9.05. The van der Waals surface area contributed by atoms with Crippen LogP contribution in [-0.2, 0) is 4.74 Å². The first-order valence-electron chi connectivity index (χ1n) is 12.2. The Balaban J connectivity index is 1.68. The summed E-state index contributed by atoms with van der Waals surface area (Å²) in [6.45, 7) is 8.41. The highest BCUT2D eigenvalue weighted by Crippen LogP contribution is 2.44. The number of rotatable bonds is 5. The van der Waals surface area contributed by atoms with Crippen LogP contribution in [0.1, 0.15) is 56.2 Å². The lowest BCUT2D eigenvalue weighted by Crippen LogP contribution is -2.29. The van der Waals surface area contributed by atoms with Crippen molar-refractivity contribution in [3.63, 3.8) is 0 Å². The minimum Gasteiger partial charge on any atom is -0.465 e. The van der Waals surface area contributed by atoms with Gasteiger partial charge in [-0.3, -0.25) is 4.98 Å². The molecule has 1 saturated heterocycles. The van der Waals surface area contributed by atoms with Gasteiger partial charge in [-0.2, -0.15) is 0 Å². The number of carbonyl (C=O) groups is 1. The smallest absolute Gasteiger partial charge is 0.337 e. The third kappa shape index (κ3) is 4.51. The second kappa shape index (κ2) is 9.82. The fourth-order valence-corrected chi connectivity index (χ4v) is 5.76. The number of pyridine rings is 1. The van der Waals surface area contributed by atoms with Gasteiger partial charge in [-0.05, 0) is 105 Å². The summed E-state index contributed by atoms with van der Waals surface area (Å²) in [6.07, 6.45) is 1.82. The van der Waals surface area contributed by atoms with Crippen molar-refractivity contribution in [1.29, 1.82) is 0 Å². The van der Waals surface area contributed by atoms with Gasteiger partial charge in [0.25, 0.3) is 0 Å². The molecule has 0 aliphatic carbocycles. The Hall–Kier alpha value is -3.97. The molecule has 6 nitrogen and oxygen atoms in total. The second-order valence-electron chi connectivity index (χ2n) is 9.55. The second-order valence-corrected chi connectivity index (χ2v) is 9.93. The zero-order valence-corrected chi connectivity index (χ0v) is 22.5. The molecule has 1 aliphatic heterocycles. The van der Waals surface area contributed by atoms with E-state index >= 15 is 0 Å². The molecule has 0 radical (unpaired) electrons. The first-order valence-corrected chi connectivity index (χ1v) is 12.7. The summed E-state index contributed by atoms with van der Waals surface area (Å²) < 4.78 is 7.13. The maximum Gasteiger partial charge on any atom is 0.337 e. The highest BCUT2D eigenvalue weighted by molar-refractivity contribution is 7.80. The molecule has 4 aromatic rings. The molecular formula is C30H30N4O2S. The summed E-state index contributed by atoms with van der Waals surface area (Å²) in [5, 5.41) is 4.23. The number of aromatic nitrogens is 2. The fraction of sp³-hybridized carbons (Fsp3) is 0.233. The molecule has 2 atom stereocenters. The van der Waals surface area contributed by atoms with Gasteiger partial charge in [0.2, 0.25) is 0 Å². The van der Waals surface area contributed by atoms with E-state index in [4.69, 9.17) is 17.0 Å². The third-order valence-corrected chi connectivity index (χ3v) is 7.21. The van der Waals surface area contributed by atoms with Gasteiger partial charge >= 0.3 is 5.97 Å². The summed E-state index contributed by atoms with van der Waals surface area (Å²) in [6, 6.07) is 22.0. The SMILES string of the molecule is COC(=O)c1cccc(-n2c(C)cc([C@@H]3[C@@H](c4ccccn4)NC(=S)N3c3cc(C)cc(C)c3)c2C)c1. The van der Waals surface area contributed by atoms with Gasteiger partial charge in [-0.25, -0.2) is 4.79 Å². The molecule has 5 rings (SSSR count). The van der Waals surface area contributed by atoms with E-state index in [1.165, 1.54) is 18.2 Å². The van der Waals surface area contributed by atoms with Gasteiger partial charge < -0.3 is 19.5 Å². The minimum atomic E-state index is -0.355. The Morgan fingerprint density at radius 2 is 1.70 bits per heavy atom. The number of thiocarbonyl (C=S) groups is 1. The molecule has 1 aliphatic rings. The van der Waals surface area contributed by atoms with Crippen molar-refractivity contribution in [3.05, 3.63) is 112 Å². The zero-order chi connectivity index (χ0) is 26.3. The van der Waals surface area contributed by atoms with Crippen molar-refractivity contribution < 1.29 is 9.53 Å². The average Bonchev–Trinajstić information content (AvgIpc) is 3.38. The van der Waals surface area contributed by atoms with Crippen LogP contribution in [0.5, 0.6) is 0 Å². The van der Waals surface area contributed by atoms with Crippen LogP contribution in [0.2, 0.25) is 0 Å². The number of anilines is 1. The maximum absolute atomic E-state index is 12.2. The summed E-state index contributed by atoms with van der Waals surface area (Å²) in [4.78, 5) is 19.1. The van der Waals surface area contributed by atoms with Crippen molar-refractivity contribution in [1.82, 2.24) is 14.9 Å². The monoisotopic (exact) mass is 510 g/mol. The summed E-state index contributed by atoms with van der Waals surface area (Å²) in [5.74, 6) is -0.355. The first-order chi connectivity index (χ1) is 17.8. The number of methoxy groups -OCH3 is 1. The molecule has 0 unspecified atom stereocenters. The van der Waals surface area contributed by atoms with Crippen LogP contribution in [-0.4, -0.2) is 27.7 Å². The lowest BCUT2D eigenvalue weighted by atomic mass is 9.96. The van der Waals surface area contributed by atoms with Gasteiger partial charge in [-0.1, -0.05) is 18.2 Å². The Bertz CT molecular complexity index is 1470. The van der Waals surface area contributed by atoms with Crippen LogP contribution < -0.4 is 10.2 Å². The molecule has 0 spiro atoms. The van der Waals surface area contributed by atoms with Gasteiger partial charge in [0.1, 0.15) is 0 Å². The number of esters is 1. The van der Waals surface area contributed by atoms with Gasteiger partial charge in [-0.15, -0.1) is 0 Å². The van der Waals surface area contributed by atoms with E-state index in [0.717, 1.165) is 34.0 Å². The Kier molecular flexibility index (Phi) is 6.56. The highest BCUT2D eigenvalue weighted by Gasteiger charge is 2.42. The molecule has 0 bridgehead atoms. The number of nitrogens with zero attached hydrogens (tertiary/aromatic N) is 3. The zero-order valence-electron chi connectivity index (χ0n) is 21.6. The fourth-order valence-electron chi connectivity index (χ4n) is 5.41. The van der Waals surface area contributed by atoms with E-state index in [2.05, 4.69) is 71.7 Å². The van der Waals surface area contributed by atoms with Crippen molar-refractivity contribution >= 4 is 29.0 Å². The molecule has 0 saturated carbocycles. The van der Waals surface area contributed by atoms with Crippen LogP contribution in [0.3, 0.4) is 0 Å². The number of hydrogen-bond donors (Lipinski definition) is 1. The standard InChI is InChI=1S/C30H30N4O2S/c1-18-13-19(2)15-24(14-18)34-28(27(32-30(34)37)26-11-6-7-12-31-26)25-16-20(3)33(21(25)4)23-10-8-9-22(17-23)29(35)36-5/h6-17,27-28H,1-5H3,(H,32,37)/t27-,28-/m1/s1. The van der Waals surface area contributed by atoms with E-state index in [1.54, 1.807) is 6.07 Å². The Morgan fingerprint density at radius 1 is 0.946 bits per heavy atom. The van der Waals surface area contributed by atoms with Gasteiger partial charge in [0.15, 0.2) is 5.11 Å². The summed E-state index contributed by atoms with van der Waals surface area (Å²) in [7, 11) is 1.40. The Morgan fingerprint density at radius 3 is 2.38 bits per heavy atom. The predicted molar refractivity (Wildman–Crippen MR) is 150 cm³/mol. The van der Waals surface area contributed by atoms with Crippen LogP contribution in [0.15, 0.2) is 72.9 Å². The predicted octanol–water partition coefficient (Wildman–Crippen LogP) is 6.07. The van der Waals surface area contributed by atoms with Crippen LogP contribution in [0, 0.1) is 27.7 Å². The van der Waals surface area contributed by atoms with E-state index < -0.39 is 0 Å². The first kappa shape index (κ1) is 24.7. The molecule has 2 aromatic carbocycles. The van der Waals surface area contributed by atoms with Crippen molar-refractivity contribution in [3.8, 4) is 5.69 Å². The van der Waals surface area contributed by atoms with Crippen molar-refractivity contribution in [2.45, 2.75) is 39.8 Å². The van der Waals surface area contributed by atoms with Gasteiger partial charge in [0.05, 0.1) is 30.5 Å². The van der Waals surface area contributed by atoms with Crippen LogP contribution in [0.25, 0.3) is 5.69 Å². The topological polar surface area (TPSA) is 59.4 Å². The molecule has 0 amide bonds. The van der Waals surface area contributed by atoms with Crippen LogP contribution >= 0.6 is 12.2 Å². The molecule has 7 heteroatoms. The molecule has 2 aromatic heterocycles. The number of benzene rings is 2. The number of ether oxygens (including phenoxy) is 1. The van der Waals surface area contributed by atoms with E-state index in [0.29, 0.717) is 10.7 Å². The van der Waals surface area contributed by atoms with E-state index in [-0.39, 0.29) is 18.1 Å². The van der Waals surface area contributed by atoms with E-state index in [9.17, 15) is 4.79 Å². The van der Waals surface area contributed by atoms with Crippen LogP contribution in [0.4, 0.5) is 5.69 Å². The molecule has 3 heterocycles. The third-order valence-electron chi connectivity index (χ3n) is 6.90. The number of nitrogens with one attached hydrogen (secondary N) is 1. The molecule has 1 fully saturated rings. The molecule has 188 valence electrons. The summed E-state index contributed by atoms with van der Waals surface area (Å²) >= 11 is 5.93. The van der Waals surface area contributed by atoms with Crippen molar-refractivity contribution in [2.75, 3.05) is 12.0 Å². The lowest BCUT2D eigenvalue weighted by Gasteiger charge is -2.29. The average molecular weight is 511 g/mol. The number of carbonyl (C=O) groups excluding carboxylic acids is 1. The Labute approximate surface area is 222 Å². The lowest BCUT2D eigenvalue weighted by molar-refractivity contribution is 0.0600. The van der Waals surface area contributed by atoms with Gasteiger partial charge in [0, 0.05) is 29.0 Å². The largest absolute Gasteiger partial charge is 0.465 e. The molecule has 1 N–H and O–H groups in total. The van der Waals surface area contributed by atoms with Crippen molar-refractivity contribution in [2.24, 2.45) is 0 Å². The highest BCUT2D eigenvalue weighted by atomic mass is 32.1. The van der Waals surface area contributed by atoms with E-state index in [1.807, 2.05) is 42.6 Å². The normalized spacial score (nSPS) is 17.1.